The zero-order chi connectivity index (χ0) is 20.1. The lowest BCUT2D eigenvalue weighted by atomic mass is 9.93. The number of nitrogens with one attached hydrogen (secondary N) is 1. The molecule has 29 heavy (non-hydrogen) atoms. The smallest absolute Gasteiger partial charge is 0.159 e. The van der Waals surface area contributed by atoms with E-state index in [-0.39, 0.29) is 5.78 Å². The molecule has 3 heteroatoms. The van der Waals surface area contributed by atoms with Gasteiger partial charge in [-0.15, -0.1) is 0 Å². The van der Waals surface area contributed by atoms with Gasteiger partial charge in [0, 0.05) is 18.5 Å². The minimum atomic E-state index is 0.204. The second-order valence-electron chi connectivity index (χ2n) is 8.61. The molecular formula is C26H32N2O. The molecule has 3 aliphatic rings. The second-order valence-corrected chi connectivity index (χ2v) is 8.61. The van der Waals surface area contributed by atoms with E-state index in [0.717, 1.165) is 54.9 Å². The number of hydrogen-bond acceptors (Lipinski definition) is 3. The summed E-state index contributed by atoms with van der Waals surface area (Å²) in [7, 11) is 0. The van der Waals surface area contributed by atoms with Crippen LogP contribution in [0.5, 0.6) is 0 Å². The van der Waals surface area contributed by atoms with Crippen molar-refractivity contribution < 1.29 is 4.79 Å². The molecule has 1 heterocycles. The lowest BCUT2D eigenvalue weighted by Gasteiger charge is -2.15. The highest BCUT2D eigenvalue weighted by Gasteiger charge is 2.23. The monoisotopic (exact) mass is 388 g/mol. The van der Waals surface area contributed by atoms with E-state index in [0.29, 0.717) is 12.3 Å². The highest BCUT2D eigenvalue weighted by atomic mass is 16.1. The molecule has 1 aliphatic heterocycles. The molecule has 0 unspecified atom stereocenters. The SMILES string of the molecule is CCCc1ccc(NC2=NC3=C(CC4CCCC4)CC(=O)C=CC3=CCC2)cc1. The highest BCUT2D eigenvalue weighted by molar-refractivity contribution is 5.98. The first-order valence-corrected chi connectivity index (χ1v) is 11.3. The molecular weight excluding hydrogens is 356 g/mol. The maximum atomic E-state index is 12.3. The van der Waals surface area contributed by atoms with Crippen molar-refractivity contribution in [2.45, 2.75) is 71.1 Å². The zero-order valence-corrected chi connectivity index (χ0v) is 17.5. The van der Waals surface area contributed by atoms with Gasteiger partial charge in [-0.25, -0.2) is 4.99 Å². The van der Waals surface area contributed by atoms with E-state index in [1.54, 1.807) is 6.08 Å². The van der Waals surface area contributed by atoms with Crippen molar-refractivity contribution in [3.8, 4) is 0 Å². The summed E-state index contributed by atoms with van der Waals surface area (Å²) in [4.78, 5) is 17.4. The van der Waals surface area contributed by atoms with E-state index in [9.17, 15) is 4.79 Å². The van der Waals surface area contributed by atoms with Crippen LogP contribution < -0.4 is 5.32 Å². The van der Waals surface area contributed by atoms with Gasteiger partial charge in [-0.3, -0.25) is 4.79 Å². The van der Waals surface area contributed by atoms with Gasteiger partial charge < -0.3 is 5.32 Å². The fourth-order valence-electron chi connectivity index (χ4n) is 4.71. The molecule has 0 atom stereocenters. The van der Waals surface area contributed by atoms with Crippen LogP contribution in [0.4, 0.5) is 5.69 Å². The van der Waals surface area contributed by atoms with Crippen molar-refractivity contribution in [3.63, 3.8) is 0 Å². The molecule has 0 bridgehead atoms. The molecule has 0 radical (unpaired) electrons. The maximum Gasteiger partial charge on any atom is 0.159 e. The number of hydrogen-bond donors (Lipinski definition) is 1. The maximum absolute atomic E-state index is 12.3. The van der Waals surface area contributed by atoms with E-state index in [1.807, 2.05) is 6.08 Å². The minimum Gasteiger partial charge on any atom is -0.344 e. The number of carbonyl (C=O) groups excluding carboxylic acids is 1. The van der Waals surface area contributed by atoms with Crippen molar-refractivity contribution in [1.82, 2.24) is 0 Å². The van der Waals surface area contributed by atoms with Gasteiger partial charge in [0.2, 0.25) is 0 Å². The predicted molar refractivity (Wildman–Crippen MR) is 121 cm³/mol. The lowest BCUT2D eigenvalue weighted by molar-refractivity contribution is -0.114. The van der Waals surface area contributed by atoms with Crippen LogP contribution in [-0.4, -0.2) is 11.6 Å². The zero-order valence-electron chi connectivity index (χ0n) is 17.5. The Balaban J connectivity index is 1.61. The minimum absolute atomic E-state index is 0.204. The summed E-state index contributed by atoms with van der Waals surface area (Å²) in [5.41, 5.74) is 5.86. The molecule has 2 aliphatic carbocycles. The topological polar surface area (TPSA) is 41.5 Å². The van der Waals surface area contributed by atoms with Crippen LogP contribution in [0, 0.1) is 5.92 Å². The molecule has 1 aromatic rings. The molecule has 1 aromatic carbocycles. The van der Waals surface area contributed by atoms with Gasteiger partial charge >= 0.3 is 0 Å². The summed E-state index contributed by atoms with van der Waals surface area (Å²) in [6.45, 7) is 2.21. The number of aliphatic imine (C=N–C) groups is 1. The average Bonchev–Trinajstić information content (AvgIpc) is 3.08. The first-order valence-electron chi connectivity index (χ1n) is 11.3. The Kier molecular flexibility index (Phi) is 6.43. The van der Waals surface area contributed by atoms with E-state index in [1.165, 1.54) is 36.8 Å². The molecule has 1 N–H and O–H groups in total. The number of rotatable bonds is 5. The van der Waals surface area contributed by atoms with Crippen LogP contribution in [-0.2, 0) is 11.2 Å². The predicted octanol–water partition coefficient (Wildman–Crippen LogP) is 6.53. The van der Waals surface area contributed by atoms with Crippen molar-refractivity contribution in [2.24, 2.45) is 10.9 Å². The quantitative estimate of drug-likeness (QED) is 0.623. The molecule has 0 aromatic heterocycles. The number of aryl methyl sites for hydroxylation is 1. The van der Waals surface area contributed by atoms with Gasteiger partial charge in [0.05, 0.1) is 5.70 Å². The molecule has 1 saturated carbocycles. The summed E-state index contributed by atoms with van der Waals surface area (Å²) in [6.07, 6.45) is 16.8. The normalized spacial score (nSPS) is 20.1. The summed E-state index contributed by atoms with van der Waals surface area (Å²) in [5.74, 6) is 1.92. The Morgan fingerprint density at radius 3 is 2.66 bits per heavy atom. The number of ketones is 1. The molecule has 4 rings (SSSR count). The van der Waals surface area contributed by atoms with Gasteiger partial charge in [-0.05, 0) is 66.2 Å². The molecule has 0 spiro atoms. The molecule has 3 nitrogen and oxygen atoms in total. The Labute approximate surface area is 174 Å². The molecule has 0 amide bonds. The van der Waals surface area contributed by atoms with Gasteiger partial charge in [0.1, 0.15) is 5.84 Å². The molecule has 1 fully saturated rings. The second kappa shape index (κ2) is 9.39. The van der Waals surface area contributed by atoms with E-state index >= 15 is 0 Å². The Morgan fingerprint density at radius 1 is 1.10 bits per heavy atom. The van der Waals surface area contributed by atoms with Crippen LogP contribution in [0.25, 0.3) is 0 Å². The number of allylic oxidation sites excluding steroid dienone is 4. The van der Waals surface area contributed by atoms with Gasteiger partial charge in [0.15, 0.2) is 5.78 Å². The first kappa shape index (κ1) is 19.9. The number of carbonyl (C=O) groups is 1. The fraction of sp³-hybridized carbons (Fsp3) is 0.462. The van der Waals surface area contributed by atoms with Crippen LogP contribution in [0.15, 0.2) is 64.3 Å². The van der Waals surface area contributed by atoms with Crippen molar-refractivity contribution in [3.05, 3.63) is 64.9 Å². The largest absolute Gasteiger partial charge is 0.344 e. The third kappa shape index (κ3) is 5.14. The van der Waals surface area contributed by atoms with Gasteiger partial charge in [0.25, 0.3) is 0 Å². The molecule has 0 saturated heterocycles. The van der Waals surface area contributed by atoms with Crippen molar-refractivity contribution in [1.29, 1.82) is 0 Å². The number of nitrogens with zero attached hydrogens (tertiary/aromatic N) is 1. The van der Waals surface area contributed by atoms with E-state index < -0.39 is 0 Å². The Hall–Kier alpha value is -2.42. The summed E-state index contributed by atoms with van der Waals surface area (Å²) in [6, 6.07) is 8.70. The Bertz CT molecular complexity index is 864. The third-order valence-corrected chi connectivity index (χ3v) is 6.23. The Morgan fingerprint density at radius 2 is 1.90 bits per heavy atom. The average molecular weight is 389 g/mol. The standard InChI is InChI=1S/C26H32N2O/c1-2-6-19-11-14-23(15-12-19)27-25-10-5-9-21-13-16-24(29)18-22(26(21)28-25)17-20-7-3-4-8-20/h9,11-16,20H,2-8,10,17-18H2,1H3,(H,27,28). The number of anilines is 1. The number of amidine groups is 1. The van der Waals surface area contributed by atoms with Gasteiger partial charge in [-0.2, -0.15) is 0 Å². The van der Waals surface area contributed by atoms with E-state index in [4.69, 9.17) is 4.99 Å². The third-order valence-electron chi connectivity index (χ3n) is 6.23. The van der Waals surface area contributed by atoms with Gasteiger partial charge in [-0.1, -0.05) is 57.2 Å². The number of benzene rings is 1. The summed E-state index contributed by atoms with van der Waals surface area (Å²) >= 11 is 0. The summed E-state index contributed by atoms with van der Waals surface area (Å²) in [5, 5.41) is 3.54. The fourth-order valence-corrected chi connectivity index (χ4v) is 4.71. The first-order chi connectivity index (χ1) is 14.2. The van der Waals surface area contributed by atoms with Crippen molar-refractivity contribution in [2.75, 3.05) is 5.32 Å². The van der Waals surface area contributed by atoms with Crippen molar-refractivity contribution >= 4 is 17.3 Å². The van der Waals surface area contributed by atoms with E-state index in [2.05, 4.69) is 42.6 Å². The summed E-state index contributed by atoms with van der Waals surface area (Å²) < 4.78 is 0. The van der Waals surface area contributed by atoms with Crippen LogP contribution in [0.2, 0.25) is 0 Å². The van der Waals surface area contributed by atoms with Crippen LogP contribution in [0.1, 0.15) is 70.3 Å². The highest BCUT2D eigenvalue weighted by Crippen LogP contribution is 2.36. The lowest BCUT2D eigenvalue weighted by Crippen LogP contribution is -2.12. The van der Waals surface area contributed by atoms with Crippen LogP contribution >= 0.6 is 0 Å². The number of fused-ring (bicyclic) bond motifs is 1. The van der Waals surface area contributed by atoms with Crippen LogP contribution in [0.3, 0.4) is 0 Å². The molecule has 152 valence electrons.